The molecule has 3 aliphatic rings. The van der Waals surface area contributed by atoms with Gasteiger partial charge in [0.2, 0.25) is 5.91 Å². The van der Waals surface area contributed by atoms with Crippen molar-refractivity contribution in [3.63, 3.8) is 0 Å². The van der Waals surface area contributed by atoms with Gasteiger partial charge in [0.25, 0.3) is 5.56 Å². The number of cyclic esters (lactones) is 1. The van der Waals surface area contributed by atoms with E-state index >= 15 is 4.39 Å². The van der Waals surface area contributed by atoms with E-state index < -0.39 is 23.4 Å². The summed E-state index contributed by atoms with van der Waals surface area (Å²) >= 11 is 0. The monoisotopic (exact) mass is 520 g/mol. The highest BCUT2D eigenvalue weighted by molar-refractivity contribution is 5.94. The minimum Gasteiger partial charge on any atom is -0.458 e. The van der Waals surface area contributed by atoms with Crippen molar-refractivity contribution in [3.05, 3.63) is 61.7 Å². The van der Waals surface area contributed by atoms with E-state index in [-0.39, 0.29) is 48.0 Å². The second-order valence-corrected chi connectivity index (χ2v) is 10.5. The zero-order valence-corrected chi connectivity index (χ0v) is 21.5. The quantitative estimate of drug-likeness (QED) is 0.342. The first kappa shape index (κ1) is 24.7. The van der Waals surface area contributed by atoms with E-state index in [0.717, 1.165) is 22.1 Å². The van der Waals surface area contributed by atoms with Crippen molar-refractivity contribution in [2.45, 2.75) is 57.8 Å². The summed E-state index contributed by atoms with van der Waals surface area (Å²) in [6.45, 7) is 3.74. The lowest BCUT2D eigenvalue weighted by Gasteiger charge is -2.33. The van der Waals surface area contributed by atoms with Crippen molar-refractivity contribution in [3.8, 4) is 11.4 Å². The fourth-order valence-corrected chi connectivity index (χ4v) is 6.65. The molecule has 4 N–H and O–H groups in total. The second-order valence-electron chi connectivity index (χ2n) is 10.5. The first-order valence-electron chi connectivity index (χ1n) is 12.9. The first-order valence-corrected chi connectivity index (χ1v) is 12.9. The molecule has 1 unspecified atom stereocenters. The van der Waals surface area contributed by atoms with Gasteiger partial charge in [0, 0.05) is 29.1 Å². The third-order valence-electron chi connectivity index (χ3n) is 8.70. The Balaban J connectivity index is 1.68. The number of esters is 1. The van der Waals surface area contributed by atoms with E-state index in [2.05, 4.69) is 5.32 Å². The van der Waals surface area contributed by atoms with Crippen molar-refractivity contribution < 1.29 is 23.8 Å². The Morgan fingerprint density at radius 1 is 1.34 bits per heavy atom. The number of primary amides is 1. The Kier molecular flexibility index (Phi) is 5.48. The van der Waals surface area contributed by atoms with Crippen LogP contribution in [-0.2, 0) is 39.5 Å². The van der Waals surface area contributed by atoms with Gasteiger partial charge in [-0.3, -0.25) is 9.59 Å². The van der Waals surface area contributed by atoms with Gasteiger partial charge in [0.15, 0.2) is 5.60 Å². The molecule has 2 aromatic heterocycles. The third-order valence-corrected chi connectivity index (χ3v) is 8.70. The predicted molar refractivity (Wildman–Crippen MR) is 137 cm³/mol. The number of ether oxygens (including phenoxy) is 1. The topological polar surface area (TPSA) is 137 Å². The number of nitrogens with zero attached hydrogens (tertiary/aromatic N) is 2. The van der Waals surface area contributed by atoms with E-state index in [1.54, 1.807) is 31.5 Å². The summed E-state index contributed by atoms with van der Waals surface area (Å²) < 4.78 is 21.8. The molecule has 2 aliphatic heterocycles. The number of aromatic nitrogens is 2. The normalized spacial score (nSPS) is 22.0. The van der Waals surface area contributed by atoms with Crippen LogP contribution in [0.1, 0.15) is 59.1 Å². The molecular formula is C28H29FN4O5. The minimum absolute atomic E-state index is 0.0330. The van der Waals surface area contributed by atoms with Crippen LogP contribution in [0.4, 0.5) is 4.39 Å². The molecule has 0 radical (unpaired) electrons. The summed E-state index contributed by atoms with van der Waals surface area (Å²) in [5, 5.41) is 15.1. The summed E-state index contributed by atoms with van der Waals surface area (Å²) in [7, 11) is 1.76. The number of halogens is 1. The van der Waals surface area contributed by atoms with Gasteiger partial charge in [-0.1, -0.05) is 6.92 Å². The van der Waals surface area contributed by atoms with Crippen LogP contribution < -0.4 is 16.6 Å². The van der Waals surface area contributed by atoms with Crippen LogP contribution in [0.15, 0.2) is 16.9 Å². The Morgan fingerprint density at radius 2 is 2.11 bits per heavy atom. The number of nitrogens with one attached hydrogen (secondary N) is 1. The maximum Gasteiger partial charge on any atom is 0.343 e. The summed E-state index contributed by atoms with van der Waals surface area (Å²) in [4.78, 5) is 43.6. The fourth-order valence-electron chi connectivity index (χ4n) is 6.65. The molecule has 0 bridgehead atoms. The lowest BCUT2D eigenvalue weighted by molar-refractivity contribution is -0.172. The molecule has 38 heavy (non-hydrogen) atoms. The van der Waals surface area contributed by atoms with Crippen molar-refractivity contribution in [1.82, 2.24) is 14.9 Å². The molecule has 0 fully saturated rings. The molecule has 1 aliphatic carbocycles. The van der Waals surface area contributed by atoms with Crippen molar-refractivity contribution in [2.24, 2.45) is 11.7 Å². The highest BCUT2D eigenvalue weighted by Crippen LogP contribution is 2.48. The van der Waals surface area contributed by atoms with E-state index in [0.29, 0.717) is 41.9 Å². The number of benzene rings is 1. The Bertz CT molecular complexity index is 1630. The molecule has 0 saturated heterocycles. The third kappa shape index (κ3) is 3.16. The van der Waals surface area contributed by atoms with Crippen LogP contribution in [0, 0.1) is 18.7 Å². The van der Waals surface area contributed by atoms with Gasteiger partial charge in [-0.05, 0) is 61.9 Å². The molecule has 10 heteroatoms. The van der Waals surface area contributed by atoms with Crippen molar-refractivity contribution in [2.75, 3.05) is 13.6 Å². The van der Waals surface area contributed by atoms with Crippen LogP contribution in [0.2, 0.25) is 0 Å². The average molecular weight is 521 g/mol. The van der Waals surface area contributed by atoms with Gasteiger partial charge >= 0.3 is 5.97 Å². The molecule has 3 atom stereocenters. The number of fused-ring (bicyclic) bond motifs is 5. The molecular weight excluding hydrogens is 491 g/mol. The number of carbonyl (C=O) groups is 2. The molecule has 0 saturated carbocycles. The molecule has 1 amide bonds. The van der Waals surface area contributed by atoms with Gasteiger partial charge < -0.3 is 25.5 Å². The van der Waals surface area contributed by atoms with E-state index in [9.17, 15) is 19.5 Å². The number of aryl methyl sites for hydroxylation is 1. The fraction of sp³-hybridized carbons (Fsp3) is 0.429. The Hall–Kier alpha value is -3.63. The largest absolute Gasteiger partial charge is 0.458 e. The van der Waals surface area contributed by atoms with E-state index in [1.165, 1.54) is 6.07 Å². The highest BCUT2D eigenvalue weighted by Gasteiger charge is 2.46. The van der Waals surface area contributed by atoms with Crippen molar-refractivity contribution in [1.29, 1.82) is 0 Å². The molecule has 1 aromatic carbocycles. The van der Waals surface area contributed by atoms with Gasteiger partial charge in [-0.25, -0.2) is 14.2 Å². The first-order chi connectivity index (χ1) is 18.1. The molecule has 4 heterocycles. The van der Waals surface area contributed by atoms with Crippen LogP contribution >= 0.6 is 0 Å². The number of hydrogen-bond acceptors (Lipinski definition) is 7. The predicted octanol–water partition coefficient (Wildman–Crippen LogP) is 1.88. The number of nitrogens with two attached hydrogens (primary N) is 1. The van der Waals surface area contributed by atoms with Crippen LogP contribution in [-0.4, -0.2) is 40.1 Å². The SMILES string of the molecule is CC[C@@]1(O)C(=O)OCc2c1cc1n(c2=O)Cc2c-1nc1cc(F)c(C)c3c1c2[C@H](C(CNC)C(N)=O)CC3. The molecule has 198 valence electrons. The summed E-state index contributed by atoms with van der Waals surface area (Å²) in [5.74, 6) is -2.37. The van der Waals surface area contributed by atoms with Gasteiger partial charge in [0.05, 0.1) is 34.9 Å². The summed E-state index contributed by atoms with van der Waals surface area (Å²) in [6, 6.07) is 3.04. The maximum absolute atomic E-state index is 15.0. The smallest absolute Gasteiger partial charge is 0.343 e. The van der Waals surface area contributed by atoms with Crippen molar-refractivity contribution >= 4 is 22.8 Å². The molecule has 9 nitrogen and oxygen atoms in total. The lowest BCUT2D eigenvalue weighted by Crippen LogP contribution is -2.44. The summed E-state index contributed by atoms with van der Waals surface area (Å²) in [5.41, 5.74) is 8.42. The van der Waals surface area contributed by atoms with Gasteiger partial charge in [0.1, 0.15) is 12.4 Å². The molecule has 0 spiro atoms. The zero-order chi connectivity index (χ0) is 27.1. The van der Waals surface area contributed by atoms with E-state index in [1.807, 2.05) is 0 Å². The standard InChI is InChI=1S/C28H29FN4O5/c1-4-28(37)18-7-21-24-16(10-33(21)26(35)17(18)11-38-27(28)36)22-14(15(9-31-3)25(30)34)6-5-13-12(2)19(29)8-20(32-24)23(13)22/h7-8,14-15,31,37H,4-6,9-11H2,1-3H3,(H2,30,34)/t14-,15?,28-/m0/s1. The summed E-state index contributed by atoms with van der Waals surface area (Å²) in [6.07, 6.45) is 1.21. The number of aliphatic hydroxyl groups is 1. The average Bonchev–Trinajstić information content (AvgIpc) is 3.27. The molecule has 3 aromatic rings. The molecule has 6 rings (SSSR count). The minimum atomic E-state index is -1.95. The van der Waals surface area contributed by atoms with Crippen LogP contribution in [0.3, 0.4) is 0 Å². The second kappa shape index (κ2) is 8.44. The Morgan fingerprint density at radius 3 is 2.79 bits per heavy atom. The van der Waals surface area contributed by atoms with Gasteiger partial charge in [-0.2, -0.15) is 0 Å². The van der Waals surface area contributed by atoms with E-state index in [4.69, 9.17) is 15.5 Å². The maximum atomic E-state index is 15.0. The van der Waals surface area contributed by atoms with Crippen LogP contribution in [0.25, 0.3) is 22.3 Å². The lowest BCUT2D eigenvalue weighted by atomic mass is 9.72. The highest BCUT2D eigenvalue weighted by atomic mass is 19.1. The number of pyridine rings is 2. The zero-order valence-electron chi connectivity index (χ0n) is 21.5. The number of rotatable bonds is 5. The van der Waals surface area contributed by atoms with Gasteiger partial charge in [-0.15, -0.1) is 0 Å². The Labute approximate surface area is 217 Å². The number of hydrogen-bond donors (Lipinski definition) is 3. The number of amides is 1. The number of carbonyl (C=O) groups excluding carboxylic acids is 2. The van der Waals surface area contributed by atoms with Crippen LogP contribution in [0.5, 0.6) is 0 Å².